The lowest BCUT2D eigenvalue weighted by Gasteiger charge is -2.20. The lowest BCUT2D eigenvalue weighted by Crippen LogP contribution is -2.27. The van der Waals surface area contributed by atoms with E-state index in [-0.39, 0.29) is 18.2 Å². The summed E-state index contributed by atoms with van der Waals surface area (Å²) in [5.74, 6) is 1.61. The third-order valence-corrected chi connectivity index (χ3v) is 5.28. The van der Waals surface area contributed by atoms with Crippen LogP contribution in [0.2, 0.25) is 5.02 Å². The van der Waals surface area contributed by atoms with Crippen molar-refractivity contribution in [2.45, 2.75) is 45.6 Å². The molecule has 1 saturated carbocycles. The molecule has 1 aliphatic rings. The van der Waals surface area contributed by atoms with Crippen LogP contribution in [0.15, 0.2) is 21.1 Å². The van der Waals surface area contributed by atoms with Gasteiger partial charge in [0.1, 0.15) is 0 Å². The predicted molar refractivity (Wildman–Crippen MR) is 97.4 cm³/mol. The average molecular weight is 374 g/mol. The number of rotatable bonds is 4. The van der Waals surface area contributed by atoms with Gasteiger partial charge in [0.25, 0.3) is 5.91 Å². The molecule has 4 rings (SSSR count). The number of hydrogen-bond acceptors (Lipinski definition) is 5. The molecule has 0 N–H and O–H groups in total. The summed E-state index contributed by atoms with van der Waals surface area (Å²) < 4.78 is 11.1. The Morgan fingerprint density at radius 3 is 2.81 bits per heavy atom. The van der Waals surface area contributed by atoms with Gasteiger partial charge in [0.15, 0.2) is 17.2 Å². The molecule has 1 fully saturated rings. The predicted octanol–water partition coefficient (Wildman–Crippen LogP) is 4.63. The van der Waals surface area contributed by atoms with Gasteiger partial charge in [0.05, 0.1) is 11.6 Å². The van der Waals surface area contributed by atoms with Gasteiger partial charge in [0, 0.05) is 23.9 Å². The van der Waals surface area contributed by atoms with Gasteiger partial charge < -0.3 is 13.8 Å². The molecule has 0 atom stereocenters. The third-order valence-electron chi connectivity index (χ3n) is 4.99. The van der Waals surface area contributed by atoms with Crippen LogP contribution >= 0.6 is 11.6 Å². The number of carbonyl (C=O) groups excluding carboxylic acids is 1. The van der Waals surface area contributed by atoms with E-state index in [9.17, 15) is 4.79 Å². The monoisotopic (exact) mass is 373 g/mol. The highest BCUT2D eigenvalue weighted by Gasteiger charge is 2.27. The van der Waals surface area contributed by atoms with Crippen LogP contribution in [0.4, 0.5) is 0 Å². The van der Waals surface area contributed by atoms with Gasteiger partial charge in [-0.2, -0.15) is 4.98 Å². The fourth-order valence-corrected chi connectivity index (χ4v) is 3.54. The van der Waals surface area contributed by atoms with E-state index in [2.05, 4.69) is 10.1 Å². The van der Waals surface area contributed by atoms with Crippen molar-refractivity contribution in [3.8, 4) is 0 Å². The standard InChI is InChI=1S/C19H20ClN3O3/c1-10-7-13-11(2)16(25-17(13)14(20)8-10)19(24)23(3)9-15-21-18(26-22-15)12-5-4-6-12/h7-8,12H,4-6,9H2,1-3H3. The Hall–Kier alpha value is -2.34. The number of furan rings is 1. The number of amides is 1. The molecule has 26 heavy (non-hydrogen) atoms. The molecule has 2 aromatic heterocycles. The summed E-state index contributed by atoms with van der Waals surface area (Å²) in [5.41, 5.74) is 2.35. The van der Waals surface area contributed by atoms with E-state index in [1.807, 2.05) is 26.0 Å². The second-order valence-electron chi connectivity index (χ2n) is 7.02. The number of aryl methyl sites for hydroxylation is 2. The van der Waals surface area contributed by atoms with Crippen molar-refractivity contribution in [3.05, 3.63) is 45.8 Å². The zero-order chi connectivity index (χ0) is 18.4. The van der Waals surface area contributed by atoms with Crippen molar-refractivity contribution in [1.29, 1.82) is 0 Å². The molecule has 1 aromatic carbocycles. The Kier molecular flexibility index (Phi) is 4.23. The maximum Gasteiger partial charge on any atom is 0.290 e. The summed E-state index contributed by atoms with van der Waals surface area (Å²) in [7, 11) is 1.70. The second kappa shape index (κ2) is 6.43. The van der Waals surface area contributed by atoms with Crippen LogP contribution in [0, 0.1) is 13.8 Å². The first kappa shape index (κ1) is 17.1. The maximum atomic E-state index is 12.8. The molecular weight excluding hydrogens is 354 g/mol. The third kappa shape index (κ3) is 2.88. The van der Waals surface area contributed by atoms with Gasteiger partial charge in [-0.15, -0.1) is 0 Å². The molecule has 0 spiro atoms. The molecule has 0 unspecified atom stereocenters. The Morgan fingerprint density at radius 2 is 2.12 bits per heavy atom. The topological polar surface area (TPSA) is 72.4 Å². The number of fused-ring (bicyclic) bond motifs is 1. The van der Waals surface area contributed by atoms with Crippen molar-refractivity contribution >= 4 is 28.5 Å². The van der Waals surface area contributed by atoms with Gasteiger partial charge >= 0.3 is 0 Å². The first-order valence-corrected chi connectivity index (χ1v) is 9.09. The zero-order valence-corrected chi connectivity index (χ0v) is 15.8. The van der Waals surface area contributed by atoms with Crippen molar-refractivity contribution in [2.75, 3.05) is 7.05 Å². The van der Waals surface area contributed by atoms with Gasteiger partial charge in [0.2, 0.25) is 5.89 Å². The summed E-state index contributed by atoms with van der Waals surface area (Å²) in [6, 6.07) is 3.80. The highest BCUT2D eigenvalue weighted by Crippen LogP contribution is 2.35. The normalized spacial score (nSPS) is 14.6. The van der Waals surface area contributed by atoms with E-state index < -0.39 is 0 Å². The van der Waals surface area contributed by atoms with Crippen molar-refractivity contribution in [2.24, 2.45) is 0 Å². The van der Waals surface area contributed by atoms with E-state index in [0.29, 0.717) is 28.2 Å². The van der Waals surface area contributed by atoms with Crippen LogP contribution in [0.1, 0.15) is 58.6 Å². The molecule has 2 heterocycles. The van der Waals surface area contributed by atoms with Crippen LogP contribution in [0.25, 0.3) is 11.0 Å². The SMILES string of the molecule is Cc1cc(Cl)c2oc(C(=O)N(C)Cc3noc(C4CCC4)n3)c(C)c2c1. The van der Waals surface area contributed by atoms with Gasteiger partial charge in [-0.1, -0.05) is 23.2 Å². The Balaban J connectivity index is 1.56. The quantitative estimate of drug-likeness (QED) is 0.666. The zero-order valence-electron chi connectivity index (χ0n) is 15.0. The highest BCUT2D eigenvalue weighted by molar-refractivity contribution is 6.35. The highest BCUT2D eigenvalue weighted by atomic mass is 35.5. The summed E-state index contributed by atoms with van der Waals surface area (Å²) in [6.07, 6.45) is 3.39. The molecule has 1 aliphatic carbocycles. The van der Waals surface area contributed by atoms with Crippen LogP contribution in [-0.2, 0) is 6.54 Å². The smallest absolute Gasteiger partial charge is 0.290 e. The van der Waals surface area contributed by atoms with E-state index in [1.165, 1.54) is 11.3 Å². The van der Waals surface area contributed by atoms with E-state index in [4.69, 9.17) is 20.5 Å². The molecule has 3 aromatic rings. The fourth-order valence-electron chi connectivity index (χ4n) is 3.23. The largest absolute Gasteiger partial charge is 0.449 e. The number of halogens is 1. The minimum Gasteiger partial charge on any atom is -0.449 e. The van der Waals surface area contributed by atoms with Crippen molar-refractivity contribution in [1.82, 2.24) is 15.0 Å². The number of aromatic nitrogens is 2. The Morgan fingerprint density at radius 1 is 1.35 bits per heavy atom. The molecule has 0 aliphatic heterocycles. The fraction of sp³-hybridized carbons (Fsp3) is 0.421. The lowest BCUT2D eigenvalue weighted by molar-refractivity contribution is 0.0750. The molecular formula is C19H20ClN3O3. The van der Waals surface area contributed by atoms with Gasteiger partial charge in [-0.05, 0) is 44.4 Å². The molecule has 0 bridgehead atoms. The van der Waals surface area contributed by atoms with E-state index >= 15 is 0 Å². The molecule has 136 valence electrons. The van der Waals surface area contributed by atoms with Crippen LogP contribution in [-0.4, -0.2) is 28.0 Å². The van der Waals surface area contributed by atoms with E-state index in [1.54, 1.807) is 7.05 Å². The summed E-state index contributed by atoms with van der Waals surface area (Å²) in [6.45, 7) is 4.09. The molecule has 0 radical (unpaired) electrons. The minimum atomic E-state index is -0.234. The van der Waals surface area contributed by atoms with Crippen LogP contribution in [0.3, 0.4) is 0 Å². The van der Waals surface area contributed by atoms with Crippen molar-refractivity contribution < 1.29 is 13.7 Å². The first-order chi connectivity index (χ1) is 12.4. The summed E-state index contributed by atoms with van der Waals surface area (Å²) in [4.78, 5) is 18.8. The summed E-state index contributed by atoms with van der Waals surface area (Å²) >= 11 is 6.26. The van der Waals surface area contributed by atoms with Crippen LogP contribution in [0.5, 0.6) is 0 Å². The van der Waals surface area contributed by atoms with Gasteiger partial charge in [-0.25, -0.2) is 0 Å². The number of carbonyl (C=O) groups is 1. The average Bonchev–Trinajstić information content (AvgIpc) is 3.11. The molecule has 6 nitrogen and oxygen atoms in total. The minimum absolute atomic E-state index is 0.234. The second-order valence-corrected chi connectivity index (χ2v) is 7.42. The van der Waals surface area contributed by atoms with Crippen LogP contribution < -0.4 is 0 Å². The molecule has 1 amide bonds. The molecule has 7 heteroatoms. The first-order valence-electron chi connectivity index (χ1n) is 8.71. The number of benzene rings is 1. The van der Waals surface area contributed by atoms with E-state index in [0.717, 1.165) is 29.4 Å². The summed E-state index contributed by atoms with van der Waals surface area (Å²) in [5, 5.41) is 5.36. The number of hydrogen-bond donors (Lipinski definition) is 0. The lowest BCUT2D eigenvalue weighted by atomic mass is 9.85. The van der Waals surface area contributed by atoms with Crippen molar-refractivity contribution in [3.63, 3.8) is 0 Å². The Bertz CT molecular complexity index is 987. The Labute approximate surface area is 156 Å². The maximum absolute atomic E-state index is 12.8. The molecule has 0 saturated heterocycles. The van der Waals surface area contributed by atoms with Gasteiger partial charge in [-0.3, -0.25) is 4.79 Å². The number of nitrogens with zero attached hydrogens (tertiary/aromatic N) is 3.